The number of fused-ring (bicyclic) bond motifs is 2. The molecule has 3 unspecified atom stereocenters. The van der Waals surface area contributed by atoms with Gasteiger partial charge in [-0.25, -0.2) is 0 Å². The molecule has 20 heavy (non-hydrogen) atoms. The predicted octanol–water partition coefficient (Wildman–Crippen LogP) is 3.15. The Labute approximate surface area is 124 Å². The van der Waals surface area contributed by atoms with Gasteiger partial charge in [0.15, 0.2) is 0 Å². The first-order valence-electron chi connectivity index (χ1n) is 7.43. The molecule has 3 nitrogen and oxygen atoms in total. The highest BCUT2D eigenvalue weighted by Crippen LogP contribution is 2.62. The monoisotopic (exact) mass is 292 g/mol. The molecule has 1 amide bonds. The van der Waals surface area contributed by atoms with Gasteiger partial charge in [0, 0.05) is 22.8 Å². The molecule has 4 heteroatoms. The van der Waals surface area contributed by atoms with Crippen LogP contribution in [0.4, 0.5) is 0 Å². The highest BCUT2D eigenvalue weighted by Gasteiger charge is 2.58. The van der Waals surface area contributed by atoms with E-state index in [9.17, 15) is 4.79 Å². The van der Waals surface area contributed by atoms with E-state index in [1.54, 1.807) is 11.3 Å². The Balaban J connectivity index is 1.70. The molecule has 1 aromatic rings. The van der Waals surface area contributed by atoms with Crippen molar-refractivity contribution in [3.63, 3.8) is 0 Å². The molecule has 2 fully saturated rings. The Morgan fingerprint density at radius 2 is 2.25 bits per heavy atom. The Morgan fingerprint density at radius 1 is 1.50 bits per heavy atom. The summed E-state index contributed by atoms with van der Waals surface area (Å²) in [6, 6.07) is 2.48. The van der Waals surface area contributed by atoms with Crippen molar-refractivity contribution in [3.05, 3.63) is 21.9 Å². The SMILES string of the molecule is CC12CCC(C1)C(C)(C)C2NCc1cc(C(N)=O)cs1. The molecule has 0 aliphatic heterocycles. The largest absolute Gasteiger partial charge is 0.366 e. The van der Waals surface area contributed by atoms with Gasteiger partial charge in [0.2, 0.25) is 5.91 Å². The number of carbonyl (C=O) groups is 1. The van der Waals surface area contributed by atoms with Crippen molar-refractivity contribution in [1.82, 2.24) is 5.32 Å². The molecule has 0 aromatic carbocycles. The lowest BCUT2D eigenvalue weighted by molar-refractivity contribution is 0.1000. The number of nitrogens with two attached hydrogens (primary N) is 1. The summed E-state index contributed by atoms with van der Waals surface area (Å²) in [5.41, 5.74) is 6.75. The predicted molar refractivity (Wildman–Crippen MR) is 82.7 cm³/mol. The summed E-state index contributed by atoms with van der Waals surface area (Å²) in [6.45, 7) is 8.09. The van der Waals surface area contributed by atoms with Gasteiger partial charge in [-0.15, -0.1) is 11.3 Å². The topological polar surface area (TPSA) is 55.1 Å². The first kappa shape index (κ1) is 14.1. The maximum atomic E-state index is 11.1. The van der Waals surface area contributed by atoms with E-state index in [0.29, 0.717) is 22.4 Å². The number of thiophene rings is 1. The fraction of sp³-hybridized carbons (Fsp3) is 0.688. The van der Waals surface area contributed by atoms with Crippen LogP contribution in [0.25, 0.3) is 0 Å². The van der Waals surface area contributed by atoms with Crippen LogP contribution in [0.15, 0.2) is 11.4 Å². The molecule has 1 heterocycles. The lowest BCUT2D eigenvalue weighted by atomic mass is 9.68. The lowest BCUT2D eigenvalue weighted by Crippen LogP contribution is -2.49. The van der Waals surface area contributed by atoms with Crippen LogP contribution < -0.4 is 11.1 Å². The van der Waals surface area contributed by atoms with E-state index < -0.39 is 0 Å². The second kappa shape index (κ2) is 4.57. The molecule has 0 spiro atoms. The quantitative estimate of drug-likeness (QED) is 0.895. The van der Waals surface area contributed by atoms with Crippen LogP contribution in [-0.2, 0) is 6.54 Å². The summed E-state index contributed by atoms with van der Waals surface area (Å²) < 4.78 is 0. The van der Waals surface area contributed by atoms with Gasteiger partial charge in [-0.3, -0.25) is 4.79 Å². The van der Waals surface area contributed by atoms with Crippen molar-refractivity contribution in [3.8, 4) is 0 Å². The Morgan fingerprint density at radius 3 is 2.80 bits per heavy atom. The van der Waals surface area contributed by atoms with Crippen LogP contribution in [-0.4, -0.2) is 11.9 Å². The molecule has 2 aliphatic rings. The Kier molecular flexibility index (Phi) is 3.22. The van der Waals surface area contributed by atoms with Gasteiger partial charge in [-0.1, -0.05) is 20.8 Å². The minimum absolute atomic E-state index is 0.334. The molecule has 0 radical (unpaired) electrons. The number of rotatable bonds is 4. The third-order valence-corrected chi connectivity index (χ3v) is 6.63. The van der Waals surface area contributed by atoms with Gasteiger partial charge in [0.1, 0.15) is 0 Å². The molecule has 110 valence electrons. The summed E-state index contributed by atoms with van der Waals surface area (Å²) in [6.07, 6.45) is 4.08. The molecule has 3 atom stereocenters. The van der Waals surface area contributed by atoms with E-state index in [0.717, 1.165) is 12.5 Å². The molecule has 2 saturated carbocycles. The van der Waals surface area contributed by atoms with Crippen molar-refractivity contribution < 1.29 is 4.79 Å². The molecule has 3 N–H and O–H groups in total. The highest BCUT2D eigenvalue weighted by atomic mass is 32.1. The van der Waals surface area contributed by atoms with Crippen LogP contribution in [0.2, 0.25) is 0 Å². The molecule has 2 bridgehead atoms. The maximum Gasteiger partial charge on any atom is 0.249 e. The van der Waals surface area contributed by atoms with Gasteiger partial charge >= 0.3 is 0 Å². The molecule has 3 rings (SSSR count). The van der Waals surface area contributed by atoms with Crippen LogP contribution >= 0.6 is 11.3 Å². The minimum atomic E-state index is -0.334. The summed E-state index contributed by atoms with van der Waals surface area (Å²) in [4.78, 5) is 12.3. The smallest absolute Gasteiger partial charge is 0.249 e. The molecule has 0 saturated heterocycles. The minimum Gasteiger partial charge on any atom is -0.366 e. The third kappa shape index (κ3) is 2.09. The summed E-state index contributed by atoms with van der Waals surface area (Å²) in [7, 11) is 0. The van der Waals surface area contributed by atoms with E-state index in [4.69, 9.17) is 5.73 Å². The first-order chi connectivity index (χ1) is 9.33. The van der Waals surface area contributed by atoms with Crippen molar-refractivity contribution in [1.29, 1.82) is 0 Å². The van der Waals surface area contributed by atoms with Crippen molar-refractivity contribution >= 4 is 17.2 Å². The number of nitrogens with one attached hydrogen (secondary N) is 1. The lowest BCUT2D eigenvalue weighted by Gasteiger charge is -2.43. The van der Waals surface area contributed by atoms with Gasteiger partial charge < -0.3 is 11.1 Å². The molecular formula is C16H24N2OS. The number of hydrogen-bond acceptors (Lipinski definition) is 3. The standard InChI is InChI=1S/C16H24N2OS/c1-15(2)11-4-5-16(3,7-11)14(15)18-8-12-6-10(9-20-12)13(17)19/h6,9,11,14,18H,4-5,7-8H2,1-3H3,(H2,17,19). The van der Waals surface area contributed by atoms with Crippen molar-refractivity contribution in [2.75, 3.05) is 0 Å². The number of amides is 1. The normalized spacial score (nSPS) is 34.5. The molecule has 1 aromatic heterocycles. The van der Waals surface area contributed by atoms with Crippen LogP contribution in [0.5, 0.6) is 0 Å². The molecule has 2 aliphatic carbocycles. The zero-order valence-corrected chi connectivity index (χ0v) is 13.3. The second-order valence-corrected chi connectivity index (χ2v) is 8.39. The third-order valence-electron chi connectivity index (χ3n) is 5.69. The average molecular weight is 292 g/mol. The van der Waals surface area contributed by atoms with E-state index in [1.807, 2.05) is 11.4 Å². The maximum absolute atomic E-state index is 11.1. The summed E-state index contributed by atoms with van der Waals surface area (Å²) in [5.74, 6) is 0.522. The second-order valence-electron chi connectivity index (χ2n) is 7.39. The van der Waals surface area contributed by atoms with E-state index >= 15 is 0 Å². The highest BCUT2D eigenvalue weighted by molar-refractivity contribution is 7.10. The Bertz CT molecular complexity index is 532. The zero-order chi connectivity index (χ0) is 14.5. The fourth-order valence-corrected chi connectivity index (χ4v) is 5.44. The zero-order valence-electron chi connectivity index (χ0n) is 12.5. The first-order valence-corrected chi connectivity index (χ1v) is 8.31. The van der Waals surface area contributed by atoms with E-state index in [1.165, 1.54) is 24.1 Å². The van der Waals surface area contributed by atoms with Crippen LogP contribution in [0.1, 0.15) is 55.3 Å². The van der Waals surface area contributed by atoms with Crippen molar-refractivity contribution in [2.45, 2.75) is 52.6 Å². The van der Waals surface area contributed by atoms with Gasteiger partial charge in [0.25, 0.3) is 0 Å². The van der Waals surface area contributed by atoms with E-state index in [2.05, 4.69) is 26.1 Å². The van der Waals surface area contributed by atoms with Gasteiger partial charge in [-0.05, 0) is 42.1 Å². The van der Waals surface area contributed by atoms with Gasteiger partial charge in [0.05, 0.1) is 5.56 Å². The summed E-state index contributed by atoms with van der Waals surface area (Å²) >= 11 is 1.62. The number of primary amides is 1. The number of carbonyl (C=O) groups excluding carboxylic acids is 1. The van der Waals surface area contributed by atoms with Crippen LogP contribution in [0, 0.1) is 16.7 Å². The Hall–Kier alpha value is -0.870. The van der Waals surface area contributed by atoms with Crippen molar-refractivity contribution in [2.24, 2.45) is 22.5 Å². The molecular weight excluding hydrogens is 268 g/mol. The summed E-state index contributed by atoms with van der Waals surface area (Å²) in [5, 5.41) is 5.62. The van der Waals surface area contributed by atoms with Crippen LogP contribution in [0.3, 0.4) is 0 Å². The fourth-order valence-electron chi connectivity index (χ4n) is 4.62. The number of hydrogen-bond donors (Lipinski definition) is 2. The van der Waals surface area contributed by atoms with Gasteiger partial charge in [-0.2, -0.15) is 0 Å². The van der Waals surface area contributed by atoms with E-state index in [-0.39, 0.29) is 5.91 Å². The average Bonchev–Trinajstić information content (AvgIpc) is 2.99.